The van der Waals surface area contributed by atoms with Gasteiger partial charge in [0.1, 0.15) is 5.78 Å². The summed E-state index contributed by atoms with van der Waals surface area (Å²) in [5.41, 5.74) is 8.15. The molecule has 0 bridgehead atoms. The highest BCUT2D eigenvalue weighted by Gasteiger charge is 2.07. The molecule has 25 heavy (non-hydrogen) atoms. The number of hydrogen-bond donors (Lipinski definition) is 3. The van der Waals surface area contributed by atoms with E-state index in [1.165, 1.54) is 0 Å². The normalized spacial score (nSPS) is 10.5. The zero-order chi connectivity index (χ0) is 18.2. The van der Waals surface area contributed by atoms with Crippen LogP contribution in [0.4, 0.5) is 5.95 Å². The Morgan fingerprint density at radius 2 is 2.00 bits per heavy atom. The third-order valence-corrected chi connectivity index (χ3v) is 3.76. The first-order chi connectivity index (χ1) is 12.0. The molecule has 7 heteroatoms. The molecule has 0 aliphatic rings. The average Bonchev–Trinajstić information content (AvgIpc) is 2.60. The first-order valence-corrected chi connectivity index (χ1v) is 8.07. The number of carbonyl (C=O) groups is 1. The molecule has 0 aliphatic carbocycles. The first-order valence-electron chi connectivity index (χ1n) is 8.07. The first kappa shape index (κ1) is 18.5. The van der Waals surface area contributed by atoms with Crippen LogP contribution in [0.2, 0.25) is 0 Å². The predicted molar refractivity (Wildman–Crippen MR) is 97.7 cm³/mol. The van der Waals surface area contributed by atoms with Crippen LogP contribution >= 0.6 is 0 Å². The number of amidine groups is 1. The molecule has 132 valence electrons. The van der Waals surface area contributed by atoms with Gasteiger partial charge in [0, 0.05) is 38.0 Å². The summed E-state index contributed by atoms with van der Waals surface area (Å²) in [5, 5.41) is 16.1. The summed E-state index contributed by atoms with van der Waals surface area (Å²) in [4.78, 5) is 22.1. The van der Waals surface area contributed by atoms with E-state index in [1.807, 2.05) is 31.3 Å². The van der Waals surface area contributed by atoms with Crippen molar-refractivity contribution in [3.05, 3.63) is 42.2 Å². The molecule has 0 saturated carbocycles. The van der Waals surface area contributed by atoms with Crippen molar-refractivity contribution in [1.29, 1.82) is 5.41 Å². The summed E-state index contributed by atoms with van der Waals surface area (Å²) in [7, 11) is 1.82. The van der Waals surface area contributed by atoms with E-state index < -0.39 is 0 Å². The molecular formula is C18H23N5O2. The summed E-state index contributed by atoms with van der Waals surface area (Å²) >= 11 is 0. The summed E-state index contributed by atoms with van der Waals surface area (Å²) in [5.74, 6) is 0.434. The Labute approximate surface area is 147 Å². The van der Waals surface area contributed by atoms with Crippen molar-refractivity contribution in [2.75, 3.05) is 25.1 Å². The molecule has 1 aromatic heterocycles. The number of benzene rings is 1. The molecule has 0 atom stereocenters. The zero-order valence-corrected chi connectivity index (χ0v) is 14.3. The smallest absolute Gasteiger partial charge is 0.225 e. The van der Waals surface area contributed by atoms with Crippen molar-refractivity contribution in [1.82, 2.24) is 9.97 Å². The number of aliphatic hydroxyl groups excluding tert-OH is 1. The summed E-state index contributed by atoms with van der Waals surface area (Å²) in [6, 6.07) is 7.88. The summed E-state index contributed by atoms with van der Waals surface area (Å²) in [6.07, 6.45) is 4.48. The minimum absolute atomic E-state index is 0.0103. The molecule has 0 saturated heterocycles. The van der Waals surface area contributed by atoms with Crippen LogP contribution in [0, 0.1) is 5.41 Å². The van der Waals surface area contributed by atoms with Crippen molar-refractivity contribution >= 4 is 17.6 Å². The van der Waals surface area contributed by atoms with Gasteiger partial charge in [0.25, 0.3) is 0 Å². The number of ketones is 1. The number of Topliss-reactive ketones (excluding diaryl/α,β-unsaturated/α-hetero) is 1. The van der Waals surface area contributed by atoms with Gasteiger partial charge in [0.15, 0.2) is 0 Å². The molecule has 2 aromatic rings. The molecule has 0 amide bonds. The molecule has 0 spiro atoms. The maximum absolute atomic E-state index is 11.7. The minimum atomic E-state index is -0.0952. The number of aryl methyl sites for hydroxylation is 1. The third kappa shape index (κ3) is 5.65. The Bertz CT molecular complexity index is 731. The number of carbonyl (C=O) groups excluding carboxylic acids is 1. The number of likely N-dealkylation sites (N-methyl/N-ethyl adjacent to an activating group) is 1. The van der Waals surface area contributed by atoms with E-state index in [1.54, 1.807) is 17.3 Å². The Hall–Kier alpha value is -2.80. The van der Waals surface area contributed by atoms with Gasteiger partial charge in [-0.3, -0.25) is 10.2 Å². The van der Waals surface area contributed by atoms with E-state index in [2.05, 4.69) is 9.97 Å². The molecule has 2 rings (SSSR count). The van der Waals surface area contributed by atoms with Crippen LogP contribution in [0.25, 0.3) is 11.1 Å². The topological polar surface area (TPSA) is 116 Å². The number of aromatic nitrogens is 2. The lowest BCUT2D eigenvalue weighted by Crippen LogP contribution is -2.23. The lowest BCUT2D eigenvalue weighted by molar-refractivity contribution is -0.117. The van der Waals surface area contributed by atoms with Gasteiger partial charge in [0.05, 0.1) is 18.9 Å². The van der Waals surface area contributed by atoms with E-state index in [0.29, 0.717) is 25.3 Å². The highest BCUT2D eigenvalue weighted by molar-refractivity contribution is 5.98. The second-order valence-corrected chi connectivity index (χ2v) is 5.86. The number of aliphatic hydroxyl groups is 1. The van der Waals surface area contributed by atoms with Gasteiger partial charge in [-0.2, -0.15) is 0 Å². The number of nitrogens with one attached hydrogen (secondary N) is 1. The summed E-state index contributed by atoms with van der Waals surface area (Å²) in [6.45, 7) is 0.523. The molecule has 0 unspecified atom stereocenters. The monoisotopic (exact) mass is 341 g/mol. The number of anilines is 1. The largest absolute Gasteiger partial charge is 0.395 e. The fourth-order valence-corrected chi connectivity index (χ4v) is 2.41. The molecule has 4 N–H and O–H groups in total. The molecule has 0 fully saturated rings. The fraction of sp³-hybridized carbons (Fsp3) is 0.333. The van der Waals surface area contributed by atoms with E-state index in [4.69, 9.17) is 16.2 Å². The molecule has 7 nitrogen and oxygen atoms in total. The number of nitrogens with two attached hydrogens (primary N) is 1. The highest BCUT2D eigenvalue weighted by atomic mass is 16.3. The van der Waals surface area contributed by atoms with Crippen molar-refractivity contribution in [3.63, 3.8) is 0 Å². The average molecular weight is 341 g/mol. The van der Waals surface area contributed by atoms with Gasteiger partial charge in [-0.1, -0.05) is 24.3 Å². The molecule has 0 radical (unpaired) electrons. The quantitative estimate of drug-likeness (QED) is 0.469. The number of hydrogen-bond acceptors (Lipinski definition) is 6. The van der Waals surface area contributed by atoms with E-state index >= 15 is 0 Å². The van der Waals surface area contributed by atoms with Crippen molar-refractivity contribution < 1.29 is 9.90 Å². The molecule has 1 aromatic carbocycles. The Kier molecular flexibility index (Phi) is 6.59. The second-order valence-electron chi connectivity index (χ2n) is 5.86. The zero-order valence-electron chi connectivity index (χ0n) is 14.3. The Morgan fingerprint density at radius 1 is 1.28 bits per heavy atom. The lowest BCUT2D eigenvalue weighted by atomic mass is 10.0. The molecular weight excluding hydrogens is 318 g/mol. The second kappa shape index (κ2) is 8.89. The van der Waals surface area contributed by atoms with Crippen LogP contribution in [0.1, 0.15) is 18.4 Å². The maximum atomic E-state index is 11.7. The van der Waals surface area contributed by atoms with Gasteiger partial charge in [-0.15, -0.1) is 0 Å². The lowest BCUT2D eigenvalue weighted by Gasteiger charge is -2.15. The van der Waals surface area contributed by atoms with E-state index in [0.717, 1.165) is 16.7 Å². The molecule has 0 aliphatic heterocycles. The van der Waals surface area contributed by atoms with E-state index in [-0.39, 0.29) is 24.6 Å². The van der Waals surface area contributed by atoms with Crippen molar-refractivity contribution in [3.8, 4) is 11.1 Å². The number of nitrogens with zero attached hydrogens (tertiary/aromatic N) is 3. The van der Waals surface area contributed by atoms with Crippen molar-refractivity contribution in [2.24, 2.45) is 5.73 Å². The van der Waals surface area contributed by atoms with Gasteiger partial charge in [0.2, 0.25) is 5.95 Å². The predicted octanol–water partition coefficient (Wildman–Crippen LogP) is 1.40. The Morgan fingerprint density at radius 3 is 2.64 bits per heavy atom. The van der Waals surface area contributed by atoms with Gasteiger partial charge in [-0.25, -0.2) is 9.97 Å². The Balaban J connectivity index is 2.05. The fourth-order valence-electron chi connectivity index (χ4n) is 2.41. The molecule has 1 heterocycles. The number of rotatable bonds is 9. The van der Waals surface area contributed by atoms with Crippen LogP contribution in [0.5, 0.6) is 0 Å². The van der Waals surface area contributed by atoms with Gasteiger partial charge >= 0.3 is 0 Å². The van der Waals surface area contributed by atoms with Crippen LogP contribution in [-0.4, -0.2) is 46.9 Å². The maximum Gasteiger partial charge on any atom is 0.225 e. The van der Waals surface area contributed by atoms with Crippen LogP contribution < -0.4 is 10.6 Å². The summed E-state index contributed by atoms with van der Waals surface area (Å²) < 4.78 is 0. The van der Waals surface area contributed by atoms with Crippen LogP contribution in [-0.2, 0) is 11.2 Å². The van der Waals surface area contributed by atoms with Crippen molar-refractivity contribution in [2.45, 2.75) is 19.3 Å². The van der Waals surface area contributed by atoms with E-state index in [9.17, 15) is 4.79 Å². The standard InChI is InChI=1S/C18H23N5O2/c1-23(7-8-24)18-21-11-15(12-22-18)14-4-2-3-13(9-14)5-6-16(25)10-17(19)20/h2-4,9,11-12,24H,5-8,10H2,1H3,(H3,19,20). The van der Waals surface area contributed by atoms with Crippen LogP contribution in [0.3, 0.4) is 0 Å². The minimum Gasteiger partial charge on any atom is -0.395 e. The SMILES string of the molecule is CN(CCO)c1ncc(-c2cccc(CCC(=O)CC(=N)N)c2)cn1. The van der Waals surface area contributed by atoms with Gasteiger partial charge in [-0.05, 0) is 17.5 Å². The van der Waals surface area contributed by atoms with Crippen LogP contribution in [0.15, 0.2) is 36.7 Å². The third-order valence-electron chi connectivity index (χ3n) is 3.76. The van der Waals surface area contributed by atoms with Gasteiger partial charge < -0.3 is 15.7 Å². The highest BCUT2D eigenvalue weighted by Crippen LogP contribution is 2.21.